The van der Waals surface area contributed by atoms with Gasteiger partial charge in [0.15, 0.2) is 0 Å². The molecule has 2 N–H and O–H groups in total. The van der Waals surface area contributed by atoms with Crippen molar-refractivity contribution in [3.05, 3.63) is 29.8 Å². The number of nitrogens with one attached hydrogen (secondary N) is 1. The molecular weight excluding hydrogens is 278 g/mol. The van der Waals surface area contributed by atoms with Gasteiger partial charge in [0.05, 0.1) is 13.2 Å². The van der Waals surface area contributed by atoms with Crippen molar-refractivity contribution < 1.29 is 9.84 Å². The van der Waals surface area contributed by atoms with Crippen molar-refractivity contribution in [1.82, 2.24) is 15.1 Å². The van der Waals surface area contributed by atoms with E-state index in [4.69, 9.17) is 4.74 Å². The fraction of sp³-hybridized carbons (Fsp3) is 0.647. The lowest BCUT2D eigenvalue weighted by Gasteiger charge is -2.41. The number of hydrogen-bond donors (Lipinski definition) is 2. The third-order valence-electron chi connectivity index (χ3n) is 4.63. The van der Waals surface area contributed by atoms with Crippen LogP contribution in [0.5, 0.6) is 5.75 Å². The second-order valence-corrected chi connectivity index (χ2v) is 6.37. The number of phenols is 1. The molecule has 5 heteroatoms. The van der Waals surface area contributed by atoms with E-state index in [9.17, 15) is 5.11 Å². The number of phenolic OH excluding ortho intramolecular Hbond substituents is 1. The van der Waals surface area contributed by atoms with Crippen molar-refractivity contribution in [3.63, 3.8) is 0 Å². The van der Waals surface area contributed by atoms with E-state index in [1.165, 1.54) is 5.56 Å². The highest BCUT2D eigenvalue weighted by Gasteiger charge is 2.27. The van der Waals surface area contributed by atoms with Crippen molar-refractivity contribution in [2.24, 2.45) is 0 Å². The molecule has 0 radical (unpaired) electrons. The number of hydrogen-bond acceptors (Lipinski definition) is 5. The molecule has 2 unspecified atom stereocenters. The first-order chi connectivity index (χ1) is 10.7. The molecule has 1 aromatic rings. The van der Waals surface area contributed by atoms with Gasteiger partial charge in [0.2, 0.25) is 0 Å². The third-order valence-corrected chi connectivity index (χ3v) is 4.63. The first-order valence-electron chi connectivity index (χ1n) is 8.29. The van der Waals surface area contributed by atoms with Gasteiger partial charge in [-0.05, 0) is 24.6 Å². The molecular formula is C17H27N3O2. The molecule has 0 aromatic heterocycles. The molecule has 2 aliphatic heterocycles. The molecule has 2 aliphatic rings. The van der Waals surface area contributed by atoms with Gasteiger partial charge in [0.1, 0.15) is 5.75 Å². The van der Waals surface area contributed by atoms with Crippen LogP contribution in [0.3, 0.4) is 0 Å². The molecule has 2 fully saturated rings. The minimum atomic E-state index is 0.328. The molecule has 0 amide bonds. The van der Waals surface area contributed by atoms with Crippen LogP contribution < -0.4 is 5.32 Å². The number of rotatable bonds is 4. The summed E-state index contributed by atoms with van der Waals surface area (Å²) in [4.78, 5) is 5.02. The van der Waals surface area contributed by atoms with E-state index in [0.29, 0.717) is 17.8 Å². The van der Waals surface area contributed by atoms with Crippen molar-refractivity contribution in [3.8, 4) is 5.75 Å². The molecule has 2 heterocycles. The summed E-state index contributed by atoms with van der Waals surface area (Å²) in [7, 11) is 0. The Morgan fingerprint density at radius 3 is 2.86 bits per heavy atom. The first-order valence-corrected chi connectivity index (χ1v) is 8.29. The van der Waals surface area contributed by atoms with Crippen LogP contribution >= 0.6 is 0 Å². The van der Waals surface area contributed by atoms with Crippen LogP contribution in [0.2, 0.25) is 0 Å². The van der Waals surface area contributed by atoms with Gasteiger partial charge in [0, 0.05) is 51.4 Å². The van der Waals surface area contributed by atoms with E-state index in [-0.39, 0.29) is 0 Å². The molecule has 3 rings (SSSR count). The van der Waals surface area contributed by atoms with E-state index in [2.05, 4.69) is 28.1 Å². The van der Waals surface area contributed by atoms with Gasteiger partial charge < -0.3 is 15.2 Å². The summed E-state index contributed by atoms with van der Waals surface area (Å²) < 4.78 is 5.46. The molecule has 22 heavy (non-hydrogen) atoms. The molecule has 0 saturated carbocycles. The summed E-state index contributed by atoms with van der Waals surface area (Å²) in [6, 6.07) is 8.58. The zero-order valence-electron chi connectivity index (χ0n) is 13.4. The number of ether oxygens (including phenoxy) is 1. The maximum Gasteiger partial charge on any atom is 0.115 e. The quantitative estimate of drug-likeness (QED) is 0.871. The zero-order chi connectivity index (χ0) is 15.4. The maximum absolute atomic E-state index is 9.85. The summed E-state index contributed by atoms with van der Waals surface area (Å²) in [5, 5.41) is 13.4. The van der Waals surface area contributed by atoms with Crippen molar-refractivity contribution in [2.45, 2.75) is 19.0 Å². The minimum absolute atomic E-state index is 0.328. The zero-order valence-corrected chi connectivity index (χ0v) is 13.4. The summed E-state index contributed by atoms with van der Waals surface area (Å²) in [6.07, 6.45) is 0. The van der Waals surface area contributed by atoms with E-state index in [0.717, 1.165) is 52.5 Å². The van der Waals surface area contributed by atoms with Gasteiger partial charge in [-0.1, -0.05) is 12.1 Å². The van der Waals surface area contributed by atoms with Gasteiger partial charge in [-0.3, -0.25) is 9.80 Å². The van der Waals surface area contributed by atoms with Gasteiger partial charge >= 0.3 is 0 Å². The summed E-state index contributed by atoms with van der Waals surface area (Å²) >= 11 is 0. The molecule has 5 nitrogen and oxygen atoms in total. The molecule has 0 aliphatic carbocycles. The Morgan fingerprint density at radius 2 is 2.14 bits per heavy atom. The Labute approximate surface area is 132 Å². The lowest BCUT2D eigenvalue weighted by atomic mass is 10.0. The van der Waals surface area contributed by atoms with E-state index < -0.39 is 0 Å². The molecule has 0 bridgehead atoms. The largest absolute Gasteiger partial charge is 0.508 e. The Balaban J connectivity index is 1.77. The van der Waals surface area contributed by atoms with Crippen molar-refractivity contribution in [2.75, 3.05) is 52.5 Å². The van der Waals surface area contributed by atoms with E-state index >= 15 is 0 Å². The smallest absolute Gasteiger partial charge is 0.115 e. The Bertz CT molecular complexity index is 477. The predicted molar refractivity (Wildman–Crippen MR) is 87.1 cm³/mol. The minimum Gasteiger partial charge on any atom is -0.508 e. The third kappa shape index (κ3) is 3.98. The van der Waals surface area contributed by atoms with Crippen LogP contribution in [-0.2, 0) is 4.74 Å². The molecule has 2 saturated heterocycles. The fourth-order valence-electron chi connectivity index (χ4n) is 3.44. The maximum atomic E-state index is 9.85. The second-order valence-electron chi connectivity index (χ2n) is 6.37. The number of piperazine rings is 1. The van der Waals surface area contributed by atoms with Crippen molar-refractivity contribution in [1.29, 1.82) is 0 Å². The molecule has 1 aromatic carbocycles. The van der Waals surface area contributed by atoms with Crippen LogP contribution in [-0.4, -0.2) is 73.4 Å². The van der Waals surface area contributed by atoms with E-state index in [1.54, 1.807) is 6.07 Å². The Kier molecular flexibility index (Phi) is 5.31. The number of nitrogens with zero attached hydrogens (tertiary/aromatic N) is 2. The number of benzene rings is 1. The van der Waals surface area contributed by atoms with Crippen molar-refractivity contribution >= 4 is 0 Å². The monoisotopic (exact) mass is 305 g/mol. The van der Waals surface area contributed by atoms with Crippen LogP contribution in [0.1, 0.15) is 18.5 Å². The van der Waals surface area contributed by atoms with Gasteiger partial charge in [0.25, 0.3) is 0 Å². The van der Waals surface area contributed by atoms with Crippen LogP contribution in [0.25, 0.3) is 0 Å². The molecule has 122 valence electrons. The standard InChI is InChI=1S/C17H27N3O2/c1-14-12-20(6-5-18-14)17(13-19-7-9-22-10-8-19)15-3-2-4-16(21)11-15/h2-4,11,14,17-18,21H,5-10,12-13H2,1H3. The van der Waals surface area contributed by atoms with Crippen LogP contribution in [0.4, 0.5) is 0 Å². The predicted octanol–water partition coefficient (Wildman–Crippen LogP) is 1.06. The lowest BCUT2D eigenvalue weighted by Crippen LogP contribution is -2.52. The van der Waals surface area contributed by atoms with E-state index in [1.807, 2.05) is 12.1 Å². The summed E-state index contributed by atoms with van der Waals surface area (Å²) in [5.41, 5.74) is 1.21. The van der Waals surface area contributed by atoms with Crippen LogP contribution in [0, 0.1) is 0 Å². The number of aromatic hydroxyl groups is 1. The molecule has 0 spiro atoms. The number of morpholine rings is 1. The highest BCUT2D eigenvalue weighted by molar-refractivity contribution is 5.30. The average Bonchev–Trinajstić information content (AvgIpc) is 2.53. The fourth-order valence-corrected chi connectivity index (χ4v) is 3.44. The van der Waals surface area contributed by atoms with Gasteiger partial charge in [-0.2, -0.15) is 0 Å². The topological polar surface area (TPSA) is 48.0 Å². The van der Waals surface area contributed by atoms with Crippen LogP contribution in [0.15, 0.2) is 24.3 Å². The second kappa shape index (κ2) is 7.42. The molecule has 2 atom stereocenters. The van der Waals surface area contributed by atoms with Gasteiger partial charge in [-0.15, -0.1) is 0 Å². The highest BCUT2D eigenvalue weighted by Crippen LogP contribution is 2.26. The lowest BCUT2D eigenvalue weighted by molar-refractivity contribution is 0.0187. The Morgan fingerprint density at radius 1 is 1.32 bits per heavy atom. The highest BCUT2D eigenvalue weighted by atomic mass is 16.5. The van der Waals surface area contributed by atoms with Gasteiger partial charge in [-0.25, -0.2) is 0 Å². The summed E-state index contributed by atoms with van der Waals surface area (Å²) in [5.74, 6) is 0.354. The summed E-state index contributed by atoms with van der Waals surface area (Å²) in [6.45, 7) is 10.0. The average molecular weight is 305 g/mol. The first kappa shape index (κ1) is 15.7. The SMILES string of the molecule is CC1CN(C(CN2CCOCC2)c2cccc(O)c2)CCN1. The normalized spacial score (nSPS) is 26.0. The Hall–Kier alpha value is -1.14.